The highest BCUT2D eigenvalue weighted by Gasteiger charge is 2.84. The number of quaternary nitrogens is 1. The number of anilines is 1. The van der Waals surface area contributed by atoms with Crippen LogP contribution in [0.4, 0.5) is 20.6 Å². The minimum atomic E-state index is -2.05. The summed E-state index contributed by atoms with van der Waals surface area (Å²) < 4.78 is 12.0. The van der Waals surface area contributed by atoms with Gasteiger partial charge in [-0.25, -0.2) is 14.1 Å². The van der Waals surface area contributed by atoms with Crippen LogP contribution in [0.1, 0.15) is 0 Å². The number of nitrogens with one attached hydrogen (secondary N) is 1. The number of urea groups is 1. The molecule has 4 unspecified atom stereocenters. The third-order valence-electron chi connectivity index (χ3n) is 5.60. The van der Waals surface area contributed by atoms with E-state index in [0.29, 0.717) is 5.69 Å². The second-order valence-electron chi connectivity index (χ2n) is 7.44. The summed E-state index contributed by atoms with van der Waals surface area (Å²) in [5.41, 5.74) is 0.589. The van der Waals surface area contributed by atoms with Gasteiger partial charge in [-0.15, -0.1) is 11.8 Å². The van der Waals surface area contributed by atoms with Crippen molar-refractivity contribution in [1.82, 2.24) is 14.5 Å². The van der Waals surface area contributed by atoms with Crippen molar-refractivity contribution < 1.29 is 14.0 Å². The van der Waals surface area contributed by atoms with E-state index in [-0.39, 0.29) is 12.2 Å². The number of likely N-dealkylation sites (N-methyl/N-ethyl adjacent to an activating group) is 1. The molecule has 170 valence electrons. The molecule has 2 fully saturated rings. The van der Waals surface area contributed by atoms with Crippen LogP contribution in [0.3, 0.4) is 0 Å². The van der Waals surface area contributed by atoms with Gasteiger partial charge in [0.05, 0.1) is 6.54 Å². The molecule has 2 aromatic rings. The molecular formula is C20H18Cl4FN4O2S+. The van der Waals surface area contributed by atoms with Gasteiger partial charge in [0, 0.05) is 23.7 Å². The number of rotatable bonds is 6. The van der Waals surface area contributed by atoms with Gasteiger partial charge in [-0.3, -0.25) is 4.79 Å². The van der Waals surface area contributed by atoms with Crippen LogP contribution in [0.5, 0.6) is 0 Å². The van der Waals surface area contributed by atoms with Gasteiger partial charge in [-0.2, -0.15) is 0 Å². The summed E-state index contributed by atoms with van der Waals surface area (Å²) in [6.07, 6.45) is 0.940. The average molecular weight is 539 g/mol. The van der Waals surface area contributed by atoms with E-state index in [1.165, 1.54) is 30.3 Å². The fraction of sp³-hybridized carbons (Fsp3) is 0.300. The first kappa shape index (κ1) is 23.9. The highest BCUT2D eigenvalue weighted by atomic mass is 35.6. The Kier molecular flexibility index (Phi) is 6.12. The Bertz CT molecular complexity index is 1090. The SMILES string of the molecule is CSc1ccc(NC(Cl)(CN2C3C(=O)N(C)C(=O)[N+]32c2ccccc2F)C(Cl)(Cl)Cl)cc1. The number of para-hydroxylation sites is 1. The van der Waals surface area contributed by atoms with Crippen molar-refractivity contribution in [1.29, 1.82) is 0 Å². The summed E-state index contributed by atoms with van der Waals surface area (Å²) in [4.78, 5) is 26.1. The zero-order valence-corrected chi connectivity index (χ0v) is 20.7. The third kappa shape index (κ3) is 3.57. The number of nitrogens with zero attached hydrogens (tertiary/aromatic N) is 3. The van der Waals surface area contributed by atoms with Crippen molar-refractivity contribution in [2.45, 2.75) is 19.9 Å². The van der Waals surface area contributed by atoms with Gasteiger partial charge in [0.2, 0.25) is 3.79 Å². The standard InChI is InChI=1S/C20H18Cl4FN4O2S/c1-27-17(30)16-28(29(16,18(27)31)15-6-4-3-5-14(15)25)11-19(21,20(22,23)24)26-12-7-9-13(32-2)10-8-12/h3-10,16,26H,11H2,1-2H3/q+1. The van der Waals surface area contributed by atoms with E-state index in [2.05, 4.69) is 5.32 Å². The lowest BCUT2D eigenvalue weighted by atomic mass is 10.2. The fourth-order valence-electron chi connectivity index (χ4n) is 3.93. The van der Waals surface area contributed by atoms with Crippen LogP contribution in [0.25, 0.3) is 0 Å². The first-order valence-corrected chi connectivity index (χ1v) is 12.1. The maximum Gasteiger partial charge on any atom is 0.452 e. The Labute approximate surface area is 208 Å². The second kappa shape index (κ2) is 8.20. The minimum Gasteiger partial charge on any atom is -0.362 e. The Balaban J connectivity index is 1.72. The van der Waals surface area contributed by atoms with Gasteiger partial charge in [0.15, 0.2) is 16.5 Å². The largest absolute Gasteiger partial charge is 0.452 e. The summed E-state index contributed by atoms with van der Waals surface area (Å²) in [5, 5.41) is 4.43. The monoisotopic (exact) mass is 537 g/mol. The van der Waals surface area contributed by atoms with E-state index in [1.807, 2.05) is 18.4 Å². The molecular weight excluding hydrogens is 521 g/mol. The van der Waals surface area contributed by atoms with Crippen LogP contribution in [-0.2, 0) is 4.79 Å². The molecule has 2 aliphatic heterocycles. The minimum absolute atomic E-state index is 0.0212. The van der Waals surface area contributed by atoms with Crippen LogP contribution in [0.15, 0.2) is 53.4 Å². The number of imide groups is 1. The second-order valence-corrected chi connectivity index (χ2v) is 11.2. The molecule has 2 aliphatic rings. The first-order chi connectivity index (χ1) is 15.0. The zero-order valence-electron chi connectivity index (χ0n) is 16.9. The van der Waals surface area contributed by atoms with E-state index in [9.17, 15) is 14.0 Å². The van der Waals surface area contributed by atoms with Gasteiger partial charge < -0.3 is 5.32 Å². The van der Waals surface area contributed by atoms with Crippen molar-refractivity contribution in [3.63, 3.8) is 0 Å². The van der Waals surface area contributed by atoms with E-state index in [1.54, 1.807) is 30.0 Å². The Morgan fingerprint density at radius 3 is 2.28 bits per heavy atom. The maximum absolute atomic E-state index is 14.7. The smallest absolute Gasteiger partial charge is 0.362 e. The molecule has 4 rings (SSSR count). The third-order valence-corrected chi connectivity index (χ3v) is 8.10. The number of hydrogen-bond acceptors (Lipinski definition) is 5. The topological polar surface area (TPSA) is 52.4 Å². The van der Waals surface area contributed by atoms with Crippen molar-refractivity contribution in [2.75, 3.05) is 25.2 Å². The molecule has 32 heavy (non-hydrogen) atoms. The highest BCUT2D eigenvalue weighted by Crippen LogP contribution is 2.54. The van der Waals surface area contributed by atoms with Crippen molar-refractivity contribution in [3.8, 4) is 0 Å². The molecule has 6 nitrogen and oxygen atoms in total. The number of amides is 3. The predicted octanol–water partition coefficient (Wildman–Crippen LogP) is 5.42. The first-order valence-electron chi connectivity index (χ1n) is 9.38. The van der Waals surface area contributed by atoms with Gasteiger partial charge in [0.1, 0.15) is 0 Å². The maximum atomic E-state index is 14.7. The lowest BCUT2D eigenvalue weighted by Gasteiger charge is -2.35. The van der Waals surface area contributed by atoms with Crippen LogP contribution >= 0.6 is 58.2 Å². The molecule has 0 aliphatic carbocycles. The number of benzene rings is 2. The van der Waals surface area contributed by atoms with Crippen molar-refractivity contribution in [3.05, 3.63) is 54.3 Å². The lowest BCUT2D eigenvalue weighted by Crippen LogP contribution is -2.54. The number of fused-ring (bicyclic) bond motifs is 1. The number of carbonyl (C=O) groups is 2. The molecule has 0 saturated carbocycles. The van der Waals surface area contributed by atoms with Gasteiger partial charge in [-0.05, 0) is 36.6 Å². The Hall–Kier alpha value is -1.26. The van der Waals surface area contributed by atoms with Gasteiger partial charge in [0.25, 0.3) is 6.17 Å². The molecule has 0 aromatic heterocycles. The summed E-state index contributed by atoms with van der Waals surface area (Å²) in [6.45, 7) is -0.250. The predicted molar refractivity (Wildman–Crippen MR) is 128 cm³/mol. The van der Waals surface area contributed by atoms with E-state index >= 15 is 0 Å². The number of thioether (sulfide) groups is 1. The summed E-state index contributed by atoms with van der Waals surface area (Å²) >= 11 is 27.1. The summed E-state index contributed by atoms with van der Waals surface area (Å²) in [6, 6.07) is 12.4. The van der Waals surface area contributed by atoms with Crippen LogP contribution in [0, 0.1) is 5.82 Å². The Morgan fingerprint density at radius 1 is 1.09 bits per heavy atom. The van der Waals surface area contributed by atoms with Crippen LogP contribution < -0.4 is 9.91 Å². The van der Waals surface area contributed by atoms with Crippen molar-refractivity contribution in [2.24, 2.45) is 0 Å². The molecule has 0 spiro atoms. The lowest BCUT2D eigenvalue weighted by molar-refractivity contribution is -0.126. The Morgan fingerprint density at radius 2 is 1.72 bits per heavy atom. The van der Waals surface area contributed by atoms with E-state index in [4.69, 9.17) is 46.4 Å². The van der Waals surface area contributed by atoms with Crippen molar-refractivity contribution >= 4 is 81.5 Å². The summed E-state index contributed by atoms with van der Waals surface area (Å²) in [5.74, 6) is -1.13. The number of alkyl halides is 4. The number of hydrogen-bond donors (Lipinski definition) is 1. The molecule has 0 radical (unpaired) electrons. The quantitative estimate of drug-likeness (QED) is 0.133. The van der Waals surface area contributed by atoms with Crippen LogP contribution in [0.2, 0.25) is 0 Å². The zero-order chi connectivity index (χ0) is 23.5. The fourth-order valence-corrected chi connectivity index (χ4v) is 4.89. The molecule has 2 heterocycles. The molecule has 2 saturated heterocycles. The van der Waals surface area contributed by atoms with Gasteiger partial charge >= 0.3 is 11.9 Å². The molecule has 12 heteroatoms. The van der Waals surface area contributed by atoms with E-state index < -0.39 is 37.3 Å². The van der Waals surface area contributed by atoms with Gasteiger partial charge in [-0.1, -0.05) is 68.1 Å². The number of carbonyl (C=O) groups excluding carboxylic acids is 2. The summed E-state index contributed by atoms with van der Waals surface area (Å²) in [7, 11) is 1.35. The normalized spacial score (nSPS) is 26.7. The molecule has 3 amide bonds. The average Bonchev–Trinajstić information content (AvgIpc) is 3.34. The molecule has 4 atom stereocenters. The van der Waals surface area contributed by atoms with Crippen LogP contribution in [-0.4, -0.2) is 56.7 Å². The van der Waals surface area contributed by atoms with E-state index in [0.717, 1.165) is 9.80 Å². The highest BCUT2D eigenvalue weighted by molar-refractivity contribution is 7.98. The molecule has 0 bridgehead atoms. The number of halogens is 5. The molecule has 1 N–H and O–H groups in total. The molecule has 2 aromatic carbocycles.